The van der Waals surface area contributed by atoms with Crippen LogP contribution in [0.1, 0.15) is 61.5 Å². The van der Waals surface area contributed by atoms with Gasteiger partial charge in [-0.05, 0) is 84.3 Å². The van der Waals surface area contributed by atoms with Crippen LogP contribution < -0.4 is 19.1 Å². The Morgan fingerprint density at radius 2 is 1.52 bits per heavy atom. The van der Waals surface area contributed by atoms with Crippen molar-refractivity contribution in [2.75, 3.05) is 23.7 Å². The average molecular weight is 742 g/mol. The number of amides is 1. The van der Waals surface area contributed by atoms with E-state index in [2.05, 4.69) is 16.4 Å². The van der Waals surface area contributed by atoms with Crippen LogP contribution in [-0.2, 0) is 42.4 Å². The molecular formula is C44H43N3O6S. The summed E-state index contributed by atoms with van der Waals surface area (Å²) >= 11 is 0. The summed E-state index contributed by atoms with van der Waals surface area (Å²) in [6.07, 6.45) is 6.24. The van der Waals surface area contributed by atoms with Crippen LogP contribution in [0.4, 0.5) is 5.69 Å². The van der Waals surface area contributed by atoms with Crippen LogP contribution in [0.5, 0.6) is 11.5 Å². The van der Waals surface area contributed by atoms with Crippen LogP contribution in [0.3, 0.4) is 0 Å². The van der Waals surface area contributed by atoms with Crippen molar-refractivity contribution in [2.45, 2.75) is 45.3 Å². The summed E-state index contributed by atoms with van der Waals surface area (Å²) in [5.74, 6) is 0.309. The topological polar surface area (TPSA) is 118 Å². The zero-order valence-corrected chi connectivity index (χ0v) is 31.0. The van der Waals surface area contributed by atoms with Crippen LogP contribution in [0.2, 0.25) is 0 Å². The van der Waals surface area contributed by atoms with Gasteiger partial charge < -0.3 is 19.8 Å². The Morgan fingerprint density at radius 1 is 0.796 bits per heavy atom. The second-order valence-electron chi connectivity index (χ2n) is 13.6. The Kier molecular flexibility index (Phi) is 11.1. The highest BCUT2D eigenvalue weighted by Crippen LogP contribution is 2.34. The molecule has 0 atom stereocenters. The smallest absolute Gasteiger partial charge is 0.251 e. The number of hydrogen-bond acceptors (Lipinski definition) is 6. The molecule has 0 unspecified atom stereocenters. The number of aromatic amines is 1. The van der Waals surface area contributed by atoms with Crippen molar-refractivity contribution in [1.82, 2.24) is 10.3 Å². The van der Waals surface area contributed by atoms with Gasteiger partial charge in [-0.25, -0.2) is 8.42 Å². The zero-order valence-electron chi connectivity index (χ0n) is 30.2. The number of nitrogens with zero attached hydrogens (tertiary/aromatic N) is 1. The van der Waals surface area contributed by atoms with Gasteiger partial charge in [0.05, 0.1) is 31.6 Å². The Balaban J connectivity index is 1.03. The van der Waals surface area contributed by atoms with Crippen LogP contribution in [0.15, 0.2) is 121 Å². The quantitative estimate of drug-likeness (QED) is 0.104. The van der Waals surface area contributed by atoms with Crippen LogP contribution in [0.25, 0.3) is 10.9 Å². The predicted molar refractivity (Wildman–Crippen MR) is 212 cm³/mol. The molecule has 54 heavy (non-hydrogen) atoms. The molecule has 2 N–H and O–H groups in total. The molecule has 0 saturated heterocycles. The number of anilines is 1. The Bertz CT molecular complexity index is 2370. The predicted octanol–water partition coefficient (Wildman–Crippen LogP) is 7.83. The first-order valence-electron chi connectivity index (χ1n) is 18.2. The highest BCUT2D eigenvalue weighted by atomic mass is 32.2. The van der Waals surface area contributed by atoms with Crippen LogP contribution >= 0.6 is 0 Å². The van der Waals surface area contributed by atoms with Gasteiger partial charge in [0.25, 0.3) is 5.91 Å². The van der Waals surface area contributed by atoms with E-state index in [4.69, 9.17) is 9.47 Å². The summed E-state index contributed by atoms with van der Waals surface area (Å²) in [6.45, 7) is 0.328. The summed E-state index contributed by atoms with van der Waals surface area (Å²) in [5.41, 5.74) is 7.24. The number of fused-ring (bicyclic) bond motifs is 3. The molecule has 0 aliphatic heterocycles. The number of Topliss-reactive ketones (excluding diaryl/α,β-unsaturated/α-hetero) is 1. The molecule has 10 heteroatoms. The molecule has 6 aromatic rings. The maximum atomic E-state index is 13.6. The minimum absolute atomic E-state index is 0.0404. The summed E-state index contributed by atoms with van der Waals surface area (Å²) in [7, 11) is -3.81. The second kappa shape index (κ2) is 16.4. The molecule has 0 bridgehead atoms. The molecule has 1 aliphatic rings. The van der Waals surface area contributed by atoms with Crippen molar-refractivity contribution in [1.29, 1.82) is 0 Å². The number of ether oxygens (including phenoxy) is 2. The van der Waals surface area contributed by atoms with E-state index in [0.29, 0.717) is 24.3 Å². The largest absolute Gasteiger partial charge is 0.493 e. The van der Waals surface area contributed by atoms with Gasteiger partial charge in [0, 0.05) is 40.2 Å². The first-order chi connectivity index (χ1) is 26.2. The monoisotopic (exact) mass is 741 g/mol. The van der Waals surface area contributed by atoms with E-state index < -0.39 is 10.0 Å². The third kappa shape index (κ3) is 8.66. The van der Waals surface area contributed by atoms with Gasteiger partial charge in [-0.3, -0.25) is 13.9 Å². The van der Waals surface area contributed by atoms with Crippen molar-refractivity contribution >= 4 is 38.3 Å². The van der Waals surface area contributed by atoms with Crippen LogP contribution in [-0.4, -0.2) is 44.5 Å². The molecule has 0 radical (unpaired) electrons. The van der Waals surface area contributed by atoms with E-state index in [9.17, 15) is 18.0 Å². The number of aromatic nitrogens is 1. The lowest BCUT2D eigenvalue weighted by Crippen LogP contribution is -2.31. The molecular weight excluding hydrogens is 699 g/mol. The van der Waals surface area contributed by atoms with E-state index in [-0.39, 0.29) is 42.6 Å². The summed E-state index contributed by atoms with van der Waals surface area (Å²) < 4.78 is 39.9. The van der Waals surface area contributed by atoms with Gasteiger partial charge in [0.2, 0.25) is 10.0 Å². The molecule has 7 rings (SSSR count). The Morgan fingerprint density at radius 3 is 2.30 bits per heavy atom. The van der Waals surface area contributed by atoms with Gasteiger partial charge >= 0.3 is 0 Å². The standard InChI is InChI=1S/C44H43N3O6S/c1-54(50,51)47(29-31-12-4-2-5-13-31)41-26-34(20-23-43(41)53-30-32-14-6-3-7-15-32)42(48)28-45-44(49)36-17-9-8-16-33(36)24-25-52-35-21-22-38-37-18-10-11-19-39(37)46-40(38)27-35/h2-9,12-17,20-23,26-27,46H,10-11,18-19,24-25,28-30H2,1H3,(H,45,49). The molecule has 1 heterocycles. The maximum absolute atomic E-state index is 13.6. The third-order valence-corrected chi connectivity index (χ3v) is 10.9. The number of carbonyl (C=O) groups excluding carboxylic acids is 2. The molecule has 5 aromatic carbocycles. The molecule has 276 valence electrons. The summed E-state index contributed by atoms with van der Waals surface area (Å²) in [6, 6.07) is 36.9. The third-order valence-electron chi connectivity index (χ3n) is 9.74. The molecule has 0 spiro atoms. The fourth-order valence-electron chi connectivity index (χ4n) is 6.95. The Labute approximate surface area is 316 Å². The number of ketones is 1. The molecule has 0 saturated carbocycles. The minimum atomic E-state index is -3.81. The van der Waals surface area contributed by atoms with Crippen molar-refractivity contribution in [3.05, 3.63) is 160 Å². The number of sulfonamides is 1. The first kappa shape index (κ1) is 36.5. The molecule has 1 amide bonds. The van der Waals surface area contributed by atoms with Crippen molar-refractivity contribution in [3.63, 3.8) is 0 Å². The number of nitrogens with one attached hydrogen (secondary N) is 2. The van der Waals surface area contributed by atoms with Crippen molar-refractivity contribution < 1.29 is 27.5 Å². The number of benzene rings is 5. The van der Waals surface area contributed by atoms with Crippen molar-refractivity contribution in [3.8, 4) is 11.5 Å². The average Bonchev–Trinajstić information content (AvgIpc) is 3.56. The highest BCUT2D eigenvalue weighted by molar-refractivity contribution is 7.92. The lowest BCUT2D eigenvalue weighted by molar-refractivity contribution is 0.0903. The SMILES string of the molecule is CS(=O)(=O)N(Cc1ccccc1)c1cc(C(=O)CNC(=O)c2ccccc2CCOc2ccc3c4c([nH]c3c2)CCCC4)ccc1OCc1ccccc1. The highest BCUT2D eigenvalue weighted by Gasteiger charge is 2.24. The van der Waals surface area contributed by atoms with Crippen molar-refractivity contribution in [2.24, 2.45) is 0 Å². The lowest BCUT2D eigenvalue weighted by atomic mass is 9.96. The normalized spacial score (nSPS) is 12.5. The number of H-pyrrole nitrogens is 1. The maximum Gasteiger partial charge on any atom is 0.251 e. The number of hydrogen-bond donors (Lipinski definition) is 2. The van der Waals surface area contributed by atoms with E-state index in [1.54, 1.807) is 24.3 Å². The van der Waals surface area contributed by atoms with Crippen LogP contribution in [0, 0.1) is 0 Å². The fourth-order valence-corrected chi connectivity index (χ4v) is 7.84. The van der Waals surface area contributed by atoms with Gasteiger partial charge in [0.15, 0.2) is 5.78 Å². The lowest BCUT2D eigenvalue weighted by Gasteiger charge is -2.25. The van der Waals surface area contributed by atoms with E-state index >= 15 is 0 Å². The van der Waals surface area contributed by atoms with E-state index in [1.807, 2.05) is 84.9 Å². The number of aryl methyl sites for hydroxylation is 2. The first-order valence-corrected chi connectivity index (χ1v) is 20.1. The van der Waals surface area contributed by atoms with Gasteiger partial charge in [0.1, 0.15) is 18.1 Å². The Hall–Kier alpha value is -5.87. The van der Waals surface area contributed by atoms with Gasteiger partial charge in [-0.2, -0.15) is 0 Å². The fraction of sp³-hybridized carbons (Fsp3) is 0.227. The minimum Gasteiger partial charge on any atom is -0.493 e. The second-order valence-corrected chi connectivity index (χ2v) is 15.5. The molecule has 0 fully saturated rings. The summed E-state index contributed by atoms with van der Waals surface area (Å²) in [4.78, 5) is 30.6. The zero-order chi connectivity index (χ0) is 37.5. The number of carbonyl (C=O) groups is 2. The number of rotatable bonds is 15. The van der Waals surface area contributed by atoms with Gasteiger partial charge in [-0.1, -0.05) is 78.9 Å². The molecule has 9 nitrogen and oxygen atoms in total. The van der Waals surface area contributed by atoms with E-state index in [0.717, 1.165) is 47.1 Å². The molecule has 1 aliphatic carbocycles. The van der Waals surface area contributed by atoms with E-state index in [1.165, 1.54) is 39.9 Å². The van der Waals surface area contributed by atoms with Gasteiger partial charge in [-0.15, -0.1) is 0 Å². The summed E-state index contributed by atoms with van der Waals surface area (Å²) in [5, 5.41) is 4.03. The molecule has 1 aromatic heterocycles.